The van der Waals surface area contributed by atoms with E-state index in [0.717, 1.165) is 65.4 Å². The number of benzene rings is 1. The van der Waals surface area contributed by atoms with Crippen molar-refractivity contribution in [2.24, 2.45) is 52.3 Å². The van der Waals surface area contributed by atoms with E-state index < -0.39 is 5.60 Å². The molecule has 4 aliphatic carbocycles. The van der Waals surface area contributed by atoms with Crippen molar-refractivity contribution in [3.8, 4) is 11.8 Å². The molecule has 0 amide bonds. The molecule has 5 rings (SSSR count). The monoisotopic (exact) mass is 522 g/mol. The second-order valence-corrected chi connectivity index (χ2v) is 15.1. The minimum absolute atomic E-state index is 0.374. The van der Waals surface area contributed by atoms with Gasteiger partial charge in [0.15, 0.2) is 0 Å². The molecule has 0 spiro atoms. The Morgan fingerprint density at radius 1 is 0.892 bits per heavy atom. The maximum absolute atomic E-state index is 11.5. The summed E-state index contributed by atoms with van der Waals surface area (Å²) in [5, 5.41) is 12.3. The highest BCUT2D eigenvalue weighted by molar-refractivity contribution is 6.30. The van der Waals surface area contributed by atoms with Crippen molar-refractivity contribution in [1.29, 1.82) is 0 Å². The average Bonchev–Trinajstić information content (AvgIpc) is 3.21. The number of halogens is 1. The van der Waals surface area contributed by atoms with Gasteiger partial charge in [0.1, 0.15) is 5.60 Å². The lowest BCUT2D eigenvalue weighted by atomic mass is 9.43. The topological polar surface area (TPSA) is 20.2 Å². The first kappa shape index (κ1) is 27.6. The molecule has 1 aromatic carbocycles. The Kier molecular flexibility index (Phi) is 7.86. The second-order valence-electron chi connectivity index (χ2n) is 14.7. The van der Waals surface area contributed by atoms with Crippen LogP contribution in [0.5, 0.6) is 0 Å². The van der Waals surface area contributed by atoms with Gasteiger partial charge in [0.2, 0.25) is 0 Å². The van der Waals surface area contributed by atoms with Gasteiger partial charge in [0.05, 0.1) is 0 Å². The SMILES string of the molecule is CC(C)CCC[C@H](C)[C@@H]1CC[C@@H]2[C@@H]3CC[C@@H]4C[C@](O)(C#Cc5ccc(Cl)cc5)CC[C@]4(C)[C@H]3CC[C@@]21C. The molecule has 4 aliphatic rings. The van der Waals surface area contributed by atoms with Gasteiger partial charge >= 0.3 is 0 Å². The maximum Gasteiger partial charge on any atom is 0.126 e. The highest BCUT2D eigenvalue weighted by Crippen LogP contribution is 2.68. The Morgan fingerprint density at radius 3 is 2.35 bits per heavy atom. The van der Waals surface area contributed by atoms with Crippen LogP contribution in [0.1, 0.15) is 117 Å². The molecule has 9 atom stereocenters. The molecule has 0 heterocycles. The maximum atomic E-state index is 11.5. The highest BCUT2D eigenvalue weighted by atomic mass is 35.5. The zero-order valence-electron chi connectivity index (χ0n) is 24.2. The van der Waals surface area contributed by atoms with Crippen LogP contribution in [0.3, 0.4) is 0 Å². The fraction of sp³-hybridized carbons (Fsp3) is 0.771. The zero-order chi connectivity index (χ0) is 26.4. The summed E-state index contributed by atoms with van der Waals surface area (Å²) in [6.45, 7) is 12.6. The quantitative estimate of drug-likeness (QED) is 0.381. The third-order valence-electron chi connectivity index (χ3n) is 12.2. The van der Waals surface area contributed by atoms with E-state index in [9.17, 15) is 5.11 Å². The van der Waals surface area contributed by atoms with Crippen molar-refractivity contribution < 1.29 is 5.11 Å². The molecule has 2 heteroatoms. The third-order valence-corrected chi connectivity index (χ3v) is 12.5. The lowest BCUT2D eigenvalue weighted by Crippen LogP contribution is -2.55. The molecule has 1 aromatic rings. The lowest BCUT2D eigenvalue weighted by Gasteiger charge is -2.62. The minimum atomic E-state index is -0.844. The summed E-state index contributed by atoms with van der Waals surface area (Å²) >= 11 is 6.03. The number of hydrogen-bond acceptors (Lipinski definition) is 1. The molecule has 1 N–H and O–H groups in total. The molecule has 0 radical (unpaired) electrons. The van der Waals surface area contributed by atoms with Gasteiger partial charge in [-0.2, -0.15) is 0 Å². The van der Waals surface area contributed by atoms with Gasteiger partial charge in [-0.15, -0.1) is 0 Å². The number of aliphatic hydroxyl groups is 1. The van der Waals surface area contributed by atoms with Crippen LogP contribution in [0.15, 0.2) is 24.3 Å². The van der Waals surface area contributed by atoms with Crippen LogP contribution in [-0.4, -0.2) is 10.7 Å². The summed E-state index contributed by atoms with van der Waals surface area (Å²) in [7, 11) is 0. The molecule has 4 saturated carbocycles. The molecule has 1 nitrogen and oxygen atoms in total. The Bertz CT molecular complexity index is 1000. The highest BCUT2D eigenvalue weighted by Gasteiger charge is 2.61. The molecular formula is C35H51ClO. The minimum Gasteiger partial charge on any atom is -0.378 e. The van der Waals surface area contributed by atoms with E-state index in [4.69, 9.17) is 11.6 Å². The first-order valence-electron chi connectivity index (χ1n) is 15.6. The van der Waals surface area contributed by atoms with E-state index in [1.165, 1.54) is 57.8 Å². The largest absolute Gasteiger partial charge is 0.378 e. The van der Waals surface area contributed by atoms with E-state index in [2.05, 4.69) is 46.5 Å². The van der Waals surface area contributed by atoms with E-state index in [0.29, 0.717) is 16.7 Å². The number of hydrogen-bond donors (Lipinski definition) is 1. The van der Waals surface area contributed by atoms with Gasteiger partial charge in [-0.05, 0) is 134 Å². The van der Waals surface area contributed by atoms with E-state index in [1.54, 1.807) is 0 Å². The standard InChI is InChI=1S/C35H51ClO/c1-24(2)7-6-8-25(3)30-15-16-31-29-14-11-27-23-35(37,20-17-26-9-12-28(36)13-10-26)22-21-33(27,4)32(29)18-19-34(30,31)5/h9-10,12-13,24-25,27,29-32,37H,6-8,11,14-16,18-19,21-23H2,1-5H3/t25-,27+,29-,30-,31+,32-,33-,34+,35-/m0/s1. The van der Waals surface area contributed by atoms with Crippen molar-refractivity contribution in [3.63, 3.8) is 0 Å². The van der Waals surface area contributed by atoms with E-state index >= 15 is 0 Å². The summed E-state index contributed by atoms with van der Waals surface area (Å²) in [5.41, 5.74) is 1.03. The average molecular weight is 523 g/mol. The van der Waals surface area contributed by atoms with Crippen LogP contribution in [0, 0.1) is 64.1 Å². The Hall–Kier alpha value is -0.970. The van der Waals surface area contributed by atoms with Gasteiger partial charge in [0, 0.05) is 10.6 Å². The van der Waals surface area contributed by atoms with Gasteiger partial charge in [0.25, 0.3) is 0 Å². The van der Waals surface area contributed by atoms with Crippen LogP contribution in [-0.2, 0) is 0 Å². The smallest absolute Gasteiger partial charge is 0.126 e. The Labute approximate surface area is 232 Å². The predicted molar refractivity (Wildman–Crippen MR) is 156 cm³/mol. The van der Waals surface area contributed by atoms with Crippen molar-refractivity contribution in [2.75, 3.05) is 0 Å². The summed E-state index contributed by atoms with van der Waals surface area (Å²) in [6, 6.07) is 7.67. The van der Waals surface area contributed by atoms with Gasteiger partial charge in [-0.3, -0.25) is 0 Å². The Morgan fingerprint density at radius 2 is 1.62 bits per heavy atom. The van der Waals surface area contributed by atoms with E-state index in [-0.39, 0.29) is 0 Å². The van der Waals surface area contributed by atoms with Crippen LogP contribution in [0.25, 0.3) is 0 Å². The van der Waals surface area contributed by atoms with Crippen LogP contribution < -0.4 is 0 Å². The van der Waals surface area contributed by atoms with Crippen LogP contribution >= 0.6 is 11.6 Å². The molecule has 0 saturated heterocycles. The van der Waals surface area contributed by atoms with Gasteiger partial charge < -0.3 is 5.11 Å². The lowest BCUT2D eigenvalue weighted by molar-refractivity contribution is -0.140. The van der Waals surface area contributed by atoms with Crippen LogP contribution in [0.4, 0.5) is 0 Å². The second kappa shape index (κ2) is 10.5. The molecule has 0 unspecified atom stereocenters. The van der Waals surface area contributed by atoms with Crippen molar-refractivity contribution in [3.05, 3.63) is 34.9 Å². The zero-order valence-corrected chi connectivity index (χ0v) is 24.9. The van der Waals surface area contributed by atoms with Gasteiger partial charge in [-0.25, -0.2) is 0 Å². The fourth-order valence-corrected chi connectivity index (χ4v) is 10.2. The molecule has 204 valence electrons. The first-order chi connectivity index (χ1) is 17.5. The van der Waals surface area contributed by atoms with Gasteiger partial charge in [-0.1, -0.05) is 77.3 Å². The predicted octanol–water partition coefficient (Wildman–Crippen LogP) is 9.54. The third kappa shape index (κ3) is 5.29. The summed E-state index contributed by atoms with van der Waals surface area (Å²) in [5.74, 6) is 12.5. The summed E-state index contributed by atoms with van der Waals surface area (Å²) in [6.07, 6.45) is 15.5. The number of fused-ring (bicyclic) bond motifs is 5. The molecule has 0 aromatic heterocycles. The first-order valence-corrected chi connectivity index (χ1v) is 15.9. The molecular weight excluding hydrogens is 472 g/mol. The molecule has 0 bridgehead atoms. The van der Waals surface area contributed by atoms with E-state index in [1.807, 2.05) is 24.3 Å². The fourth-order valence-electron chi connectivity index (χ4n) is 10.1. The van der Waals surface area contributed by atoms with Crippen LogP contribution in [0.2, 0.25) is 5.02 Å². The summed E-state index contributed by atoms with van der Waals surface area (Å²) < 4.78 is 0. The summed E-state index contributed by atoms with van der Waals surface area (Å²) in [4.78, 5) is 0. The van der Waals surface area contributed by atoms with Crippen molar-refractivity contribution in [1.82, 2.24) is 0 Å². The molecule has 4 fully saturated rings. The van der Waals surface area contributed by atoms with Crippen molar-refractivity contribution >= 4 is 11.6 Å². The number of rotatable bonds is 5. The van der Waals surface area contributed by atoms with Crippen molar-refractivity contribution in [2.45, 2.75) is 117 Å². The molecule has 37 heavy (non-hydrogen) atoms. The molecule has 0 aliphatic heterocycles. The Balaban J connectivity index is 1.26. The normalized spacial score (nSPS) is 41.8.